The van der Waals surface area contributed by atoms with Crippen LogP contribution in [-0.4, -0.2) is 48.7 Å². The van der Waals surface area contributed by atoms with Gasteiger partial charge in [0.2, 0.25) is 11.0 Å². The number of hydrogen-bond donors (Lipinski definition) is 2. The van der Waals surface area contributed by atoms with Crippen molar-refractivity contribution < 1.29 is 14.3 Å². The van der Waals surface area contributed by atoms with E-state index in [1.165, 1.54) is 41.5 Å². The van der Waals surface area contributed by atoms with Crippen molar-refractivity contribution in [2.24, 2.45) is 0 Å². The third-order valence-corrected chi connectivity index (χ3v) is 7.36. The van der Waals surface area contributed by atoms with Gasteiger partial charge in [0.25, 0.3) is 0 Å². The molecule has 1 aromatic heterocycles. The van der Waals surface area contributed by atoms with Crippen molar-refractivity contribution in [1.82, 2.24) is 15.5 Å². The maximum atomic E-state index is 12.4. The number of nitrogens with one attached hydrogen (secondary N) is 2. The highest BCUT2D eigenvalue weighted by molar-refractivity contribution is 8.01. The number of carbonyl (C=O) groups is 1. The molecule has 0 atom stereocenters. The number of anilines is 1. The van der Waals surface area contributed by atoms with Crippen LogP contribution in [-0.2, 0) is 10.2 Å². The molecule has 2 N–H and O–H groups in total. The molecule has 9 heteroatoms. The van der Waals surface area contributed by atoms with Gasteiger partial charge >= 0.3 is 0 Å². The standard InChI is InChI=1S/C19H24N4O3S2/c1-20-17-22-23-18(28-17)27-11-16(24)21-12-19(6-2-3-7-19)13-4-5-14-15(10-13)26-9-8-25-14/h4-5,10H,2-3,6-9,11-12H2,1H3,(H,20,22)(H,21,24). The summed E-state index contributed by atoms with van der Waals surface area (Å²) in [4.78, 5) is 12.4. The highest BCUT2D eigenvalue weighted by atomic mass is 32.2. The summed E-state index contributed by atoms with van der Waals surface area (Å²) in [6.45, 7) is 1.82. The molecule has 1 fully saturated rings. The number of hydrogen-bond acceptors (Lipinski definition) is 8. The lowest BCUT2D eigenvalue weighted by Gasteiger charge is -2.31. The van der Waals surface area contributed by atoms with Crippen LogP contribution in [0.1, 0.15) is 31.2 Å². The van der Waals surface area contributed by atoms with Gasteiger partial charge in [-0.1, -0.05) is 42.0 Å². The Morgan fingerprint density at radius 1 is 1.21 bits per heavy atom. The number of carbonyl (C=O) groups excluding carboxylic acids is 1. The molecule has 0 spiro atoms. The zero-order valence-corrected chi connectivity index (χ0v) is 17.5. The van der Waals surface area contributed by atoms with Crippen LogP contribution in [0.25, 0.3) is 0 Å². The zero-order valence-electron chi connectivity index (χ0n) is 15.8. The van der Waals surface area contributed by atoms with E-state index in [-0.39, 0.29) is 11.3 Å². The average molecular weight is 421 g/mol. The van der Waals surface area contributed by atoms with Gasteiger partial charge in [-0.3, -0.25) is 4.79 Å². The Hall–Kier alpha value is -2.00. The van der Waals surface area contributed by atoms with Crippen molar-refractivity contribution >= 4 is 34.1 Å². The van der Waals surface area contributed by atoms with Gasteiger partial charge in [0.05, 0.1) is 5.75 Å². The number of thioether (sulfide) groups is 1. The SMILES string of the molecule is CNc1nnc(SCC(=O)NCC2(c3ccc4c(c3)OCCO4)CCCC2)s1. The fourth-order valence-electron chi connectivity index (χ4n) is 3.81. The van der Waals surface area contributed by atoms with Crippen LogP contribution >= 0.6 is 23.1 Å². The number of rotatable bonds is 7. The molecule has 1 aliphatic heterocycles. The van der Waals surface area contributed by atoms with Crippen molar-refractivity contribution in [1.29, 1.82) is 0 Å². The number of fused-ring (bicyclic) bond motifs is 1. The number of aromatic nitrogens is 2. The Labute approximate surface area is 172 Å². The van der Waals surface area contributed by atoms with Gasteiger partial charge in [0.1, 0.15) is 13.2 Å². The molecule has 2 aromatic rings. The van der Waals surface area contributed by atoms with Gasteiger partial charge in [0, 0.05) is 19.0 Å². The van der Waals surface area contributed by atoms with Gasteiger partial charge in [0.15, 0.2) is 15.8 Å². The van der Waals surface area contributed by atoms with Crippen LogP contribution in [0, 0.1) is 0 Å². The molecule has 0 radical (unpaired) electrons. The lowest BCUT2D eigenvalue weighted by atomic mass is 9.78. The minimum Gasteiger partial charge on any atom is -0.486 e. The molecule has 1 saturated carbocycles. The van der Waals surface area contributed by atoms with Gasteiger partial charge in [-0.15, -0.1) is 10.2 Å². The molecule has 1 amide bonds. The second-order valence-electron chi connectivity index (χ2n) is 7.03. The fourth-order valence-corrected chi connectivity index (χ4v) is 5.34. The first-order valence-electron chi connectivity index (χ1n) is 9.49. The quantitative estimate of drug-likeness (QED) is 0.666. The Bertz CT molecular complexity index is 836. The minimum atomic E-state index is -0.0296. The Balaban J connectivity index is 1.38. The van der Waals surface area contributed by atoms with Crippen LogP contribution in [0.4, 0.5) is 5.13 Å². The van der Waals surface area contributed by atoms with E-state index in [2.05, 4.69) is 33.0 Å². The van der Waals surface area contributed by atoms with Crippen molar-refractivity contribution in [3.63, 3.8) is 0 Å². The lowest BCUT2D eigenvalue weighted by molar-refractivity contribution is -0.118. The fraction of sp³-hybridized carbons (Fsp3) is 0.526. The summed E-state index contributed by atoms with van der Waals surface area (Å²) in [7, 11) is 1.81. The summed E-state index contributed by atoms with van der Waals surface area (Å²) in [6.07, 6.45) is 4.50. The van der Waals surface area contributed by atoms with Crippen molar-refractivity contribution in [2.75, 3.05) is 37.9 Å². The molecule has 4 rings (SSSR count). The van der Waals surface area contributed by atoms with Crippen molar-refractivity contribution in [3.8, 4) is 11.5 Å². The second-order valence-corrected chi connectivity index (χ2v) is 9.23. The van der Waals surface area contributed by atoms with Gasteiger partial charge in [-0.2, -0.15) is 0 Å². The zero-order chi connectivity index (χ0) is 19.4. The number of ether oxygens (including phenoxy) is 2. The van der Waals surface area contributed by atoms with Gasteiger partial charge in [-0.25, -0.2) is 0 Å². The molecule has 0 bridgehead atoms. The maximum Gasteiger partial charge on any atom is 0.230 e. The first-order valence-corrected chi connectivity index (χ1v) is 11.3. The van der Waals surface area contributed by atoms with E-state index >= 15 is 0 Å². The summed E-state index contributed by atoms with van der Waals surface area (Å²) in [5.41, 5.74) is 1.20. The molecule has 1 aromatic carbocycles. The van der Waals surface area contributed by atoms with E-state index in [0.29, 0.717) is 25.5 Å². The molecular formula is C19H24N4O3S2. The normalized spacial score (nSPS) is 17.3. The lowest BCUT2D eigenvalue weighted by Crippen LogP contribution is -2.39. The molecule has 0 saturated heterocycles. The Morgan fingerprint density at radius 3 is 2.75 bits per heavy atom. The van der Waals surface area contributed by atoms with E-state index in [1.54, 1.807) is 7.05 Å². The van der Waals surface area contributed by atoms with Crippen molar-refractivity contribution in [3.05, 3.63) is 23.8 Å². The van der Waals surface area contributed by atoms with E-state index < -0.39 is 0 Å². The van der Waals surface area contributed by atoms with Crippen LogP contribution in [0.15, 0.2) is 22.5 Å². The Kier molecular flexibility index (Phi) is 5.91. The van der Waals surface area contributed by atoms with E-state index in [4.69, 9.17) is 9.47 Å². The minimum absolute atomic E-state index is 0.0232. The topological polar surface area (TPSA) is 85.4 Å². The predicted octanol–water partition coefficient (Wildman–Crippen LogP) is 3.07. The molecule has 2 aliphatic rings. The second kappa shape index (κ2) is 8.57. The molecule has 7 nitrogen and oxygen atoms in total. The molecule has 2 heterocycles. The summed E-state index contributed by atoms with van der Waals surface area (Å²) in [6, 6.07) is 6.22. The van der Waals surface area contributed by atoms with Crippen molar-refractivity contribution in [2.45, 2.75) is 35.4 Å². The predicted molar refractivity (Wildman–Crippen MR) is 111 cm³/mol. The van der Waals surface area contributed by atoms with Crippen LogP contribution in [0.5, 0.6) is 11.5 Å². The van der Waals surface area contributed by atoms with E-state index in [1.807, 2.05) is 6.07 Å². The first-order chi connectivity index (χ1) is 13.7. The molecule has 1 aliphatic carbocycles. The van der Waals surface area contributed by atoms with Crippen LogP contribution in [0.3, 0.4) is 0 Å². The molecule has 150 valence electrons. The smallest absolute Gasteiger partial charge is 0.230 e. The van der Waals surface area contributed by atoms with Gasteiger partial charge in [-0.05, 0) is 30.5 Å². The third-order valence-electron chi connectivity index (χ3n) is 5.29. The van der Waals surface area contributed by atoms with E-state index in [9.17, 15) is 4.79 Å². The van der Waals surface area contributed by atoms with E-state index in [0.717, 1.165) is 33.8 Å². The third kappa shape index (κ3) is 4.20. The molecule has 28 heavy (non-hydrogen) atoms. The summed E-state index contributed by atoms with van der Waals surface area (Å²) in [5, 5.41) is 14.9. The molecule has 0 unspecified atom stereocenters. The first kappa shape index (κ1) is 19.3. The van der Waals surface area contributed by atoms with Gasteiger partial charge < -0.3 is 20.1 Å². The maximum absolute atomic E-state index is 12.4. The summed E-state index contributed by atoms with van der Waals surface area (Å²) in [5.74, 6) is 1.99. The molecular weight excluding hydrogens is 396 g/mol. The monoisotopic (exact) mass is 420 g/mol. The number of benzene rings is 1. The number of nitrogens with zero attached hydrogens (tertiary/aromatic N) is 2. The summed E-state index contributed by atoms with van der Waals surface area (Å²) >= 11 is 2.87. The largest absolute Gasteiger partial charge is 0.486 e. The summed E-state index contributed by atoms with van der Waals surface area (Å²) < 4.78 is 12.2. The highest BCUT2D eigenvalue weighted by Gasteiger charge is 2.36. The van der Waals surface area contributed by atoms with Crippen LogP contribution < -0.4 is 20.1 Å². The average Bonchev–Trinajstić information content (AvgIpc) is 3.40. The highest BCUT2D eigenvalue weighted by Crippen LogP contribution is 2.43. The van der Waals surface area contributed by atoms with Crippen LogP contribution in [0.2, 0.25) is 0 Å². The number of amides is 1. The Morgan fingerprint density at radius 2 is 2.00 bits per heavy atom.